The van der Waals surface area contributed by atoms with Crippen molar-refractivity contribution in [2.75, 3.05) is 27.2 Å². The lowest BCUT2D eigenvalue weighted by atomic mass is 10.0. The zero-order chi connectivity index (χ0) is 14.8. The van der Waals surface area contributed by atoms with Gasteiger partial charge < -0.3 is 16.0 Å². The minimum atomic E-state index is 0.0462. The van der Waals surface area contributed by atoms with Gasteiger partial charge in [0.2, 0.25) is 5.91 Å². The van der Waals surface area contributed by atoms with Crippen LogP contribution in [0.25, 0.3) is 0 Å². The molecule has 112 valence electrons. The highest BCUT2D eigenvalue weighted by Gasteiger charge is 2.07. The first-order valence-corrected chi connectivity index (χ1v) is 7.29. The van der Waals surface area contributed by atoms with Gasteiger partial charge >= 0.3 is 0 Å². The second-order valence-corrected chi connectivity index (χ2v) is 5.50. The van der Waals surface area contributed by atoms with E-state index in [1.54, 1.807) is 0 Å². The van der Waals surface area contributed by atoms with Crippen LogP contribution in [-0.2, 0) is 11.2 Å². The van der Waals surface area contributed by atoms with Crippen LogP contribution in [0, 0.1) is 0 Å². The molecule has 4 nitrogen and oxygen atoms in total. The molecule has 0 saturated heterocycles. The second kappa shape index (κ2) is 9.50. The molecule has 1 aromatic carbocycles. The predicted octanol–water partition coefficient (Wildman–Crippen LogP) is 1.40. The van der Waals surface area contributed by atoms with Crippen LogP contribution in [0.3, 0.4) is 0 Å². The highest BCUT2D eigenvalue weighted by Crippen LogP contribution is 2.05. The third kappa shape index (κ3) is 7.92. The molecular weight excluding hydrogens is 250 g/mol. The zero-order valence-corrected chi connectivity index (χ0v) is 12.6. The van der Waals surface area contributed by atoms with Crippen LogP contribution in [0.1, 0.15) is 24.8 Å². The van der Waals surface area contributed by atoms with Crippen molar-refractivity contribution < 1.29 is 4.79 Å². The molecular formula is C16H27N3O. The normalized spacial score (nSPS) is 12.4. The number of carbonyl (C=O) groups is 1. The molecule has 0 unspecified atom stereocenters. The Morgan fingerprint density at radius 1 is 1.30 bits per heavy atom. The monoisotopic (exact) mass is 277 g/mol. The Kier molecular flexibility index (Phi) is 7.92. The largest absolute Gasteiger partial charge is 0.356 e. The first-order valence-electron chi connectivity index (χ1n) is 7.29. The summed E-state index contributed by atoms with van der Waals surface area (Å²) in [6.07, 6.45) is 3.05. The summed E-state index contributed by atoms with van der Waals surface area (Å²) in [4.78, 5) is 13.8. The number of rotatable bonds is 9. The van der Waals surface area contributed by atoms with Crippen molar-refractivity contribution in [3.63, 3.8) is 0 Å². The second-order valence-electron chi connectivity index (χ2n) is 5.50. The van der Waals surface area contributed by atoms with Crippen LogP contribution < -0.4 is 11.1 Å². The topological polar surface area (TPSA) is 58.4 Å². The van der Waals surface area contributed by atoms with Gasteiger partial charge in [-0.2, -0.15) is 0 Å². The van der Waals surface area contributed by atoms with E-state index in [1.807, 2.05) is 32.3 Å². The van der Waals surface area contributed by atoms with Gasteiger partial charge in [-0.05, 0) is 45.5 Å². The lowest BCUT2D eigenvalue weighted by Gasteiger charge is -2.12. The van der Waals surface area contributed by atoms with E-state index in [2.05, 4.69) is 22.3 Å². The molecule has 0 aliphatic carbocycles. The number of hydrogen-bond donors (Lipinski definition) is 2. The van der Waals surface area contributed by atoms with Crippen molar-refractivity contribution >= 4 is 5.91 Å². The van der Waals surface area contributed by atoms with E-state index in [0.717, 1.165) is 32.4 Å². The molecule has 20 heavy (non-hydrogen) atoms. The summed E-state index contributed by atoms with van der Waals surface area (Å²) >= 11 is 0. The molecule has 1 atom stereocenters. The molecule has 0 aliphatic heterocycles. The van der Waals surface area contributed by atoms with Crippen molar-refractivity contribution in [2.24, 2.45) is 5.73 Å². The number of nitrogens with two attached hydrogens (primary N) is 1. The summed E-state index contributed by atoms with van der Waals surface area (Å²) in [6.45, 7) is 1.73. The first kappa shape index (κ1) is 16.7. The molecule has 0 aromatic heterocycles. The minimum Gasteiger partial charge on any atom is -0.356 e. The minimum absolute atomic E-state index is 0.0462. The van der Waals surface area contributed by atoms with Gasteiger partial charge in [-0.15, -0.1) is 0 Å². The SMILES string of the molecule is CN(C)CCCNC(=O)CC[C@H](N)Cc1ccccc1. The van der Waals surface area contributed by atoms with Crippen LogP contribution in [0.4, 0.5) is 0 Å². The van der Waals surface area contributed by atoms with Gasteiger partial charge in [0.1, 0.15) is 0 Å². The summed E-state index contributed by atoms with van der Waals surface area (Å²) < 4.78 is 0. The molecule has 3 N–H and O–H groups in total. The molecule has 1 aromatic rings. The molecule has 4 heteroatoms. The van der Waals surface area contributed by atoms with Crippen LogP contribution in [0.5, 0.6) is 0 Å². The number of nitrogens with one attached hydrogen (secondary N) is 1. The van der Waals surface area contributed by atoms with E-state index in [-0.39, 0.29) is 11.9 Å². The third-order valence-corrected chi connectivity index (χ3v) is 3.19. The first-order chi connectivity index (χ1) is 9.58. The van der Waals surface area contributed by atoms with Gasteiger partial charge in [0.05, 0.1) is 0 Å². The van der Waals surface area contributed by atoms with Crippen molar-refractivity contribution in [3.8, 4) is 0 Å². The Hall–Kier alpha value is -1.39. The summed E-state index contributed by atoms with van der Waals surface area (Å²) in [6, 6.07) is 10.2. The molecule has 0 radical (unpaired) electrons. The van der Waals surface area contributed by atoms with Gasteiger partial charge in [-0.25, -0.2) is 0 Å². The molecule has 0 bridgehead atoms. The maximum absolute atomic E-state index is 11.7. The smallest absolute Gasteiger partial charge is 0.220 e. The molecule has 0 aliphatic rings. The fourth-order valence-corrected chi connectivity index (χ4v) is 2.05. The summed E-state index contributed by atoms with van der Waals surface area (Å²) in [5, 5.41) is 2.94. The molecule has 1 amide bonds. The Bertz CT molecular complexity index is 379. The van der Waals surface area contributed by atoms with E-state index in [9.17, 15) is 4.79 Å². The van der Waals surface area contributed by atoms with E-state index in [0.29, 0.717) is 6.42 Å². The maximum atomic E-state index is 11.7. The van der Waals surface area contributed by atoms with Gasteiger partial charge in [0, 0.05) is 19.0 Å². The Balaban J connectivity index is 2.11. The average Bonchev–Trinajstić information content (AvgIpc) is 2.42. The predicted molar refractivity (Wildman–Crippen MR) is 83.5 cm³/mol. The summed E-state index contributed by atoms with van der Waals surface area (Å²) in [5.41, 5.74) is 7.29. The fourth-order valence-electron chi connectivity index (χ4n) is 2.05. The number of benzene rings is 1. The van der Waals surface area contributed by atoms with Crippen LogP contribution in [-0.4, -0.2) is 44.0 Å². The van der Waals surface area contributed by atoms with Crippen molar-refractivity contribution in [2.45, 2.75) is 31.7 Å². The Morgan fingerprint density at radius 2 is 2.00 bits per heavy atom. The van der Waals surface area contributed by atoms with Gasteiger partial charge in [0.25, 0.3) is 0 Å². The highest BCUT2D eigenvalue weighted by molar-refractivity contribution is 5.75. The molecule has 1 rings (SSSR count). The van der Waals surface area contributed by atoms with E-state index in [1.165, 1.54) is 5.56 Å². The van der Waals surface area contributed by atoms with Crippen molar-refractivity contribution in [1.29, 1.82) is 0 Å². The van der Waals surface area contributed by atoms with Gasteiger partial charge in [0.15, 0.2) is 0 Å². The van der Waals surface area contributed by atoms with Crippen LogP contribution in [0.15, 0.2) is 30.3 Å². The standard InChI is InChI=1S/C16H27N3O/c1-19(2)12-6-11-18-16(20)10-9-15(17)13-14-7-4-3-5-8-14/h3-5,7-8,15H,6,9-13,17H2,1-2H3,(H,18,20)/t15-/m0/s1. The summed E-state index contributed by atoms with van der Waals surface area (Å²) in [5.74, 6) is 0.104. The molecule has 0 heterocycles. The highest BCUT2D eigenvalue weighted by atomic mass is 16.1. The Labute approximate surface area is 122 Å². The van der Waals surface area contributed by atoms with E-state index >= 15 is 0 Å². The van der Waals surface area contributed by atoms with E-state index in [4.69, 9.17) is 5.73 Å². The number of carbonyl (C=O) groups excluding carboxylic acids is 1. The maximum Gasteiger partial charge on any atom is 0.220 e. The summed E-state index contributed by atoms with van der Waals surface area (Å²) in [7, 11) is 4.06. The fraction of sp³-hybridized carbons (Fsp3) is 0.562. The molecule has 0 fully saturated rings. The van der Waals surface area contributed by atoms with Crippen molar-refractivity contribution in [3.05, 3.63) is 35.9 Å². The third-order valence-electron chi connectivity index (χ3n) is 3.19. The van der Waals surface area contributed by atoms with Crippen molar-refractivity contribution in [1.82, 2.24) is 10.2 Å². The molecule has 0 spiro atoms. The molecule has 0 saturated carbocycles. The lowest BCUT2D eigenvalue weighted by Crippen LogP contribution is -2.30. The lowest BCUT2D eigenvalue weighted by molar-refractivity contribution is -0.121. The van der Waals surface area contributed by atoms with Crippen LogP contribution >= 0.6 is 0 Å². The average molecular weight is 277 g/mol. The number of hydrogen-bond acceptors (Lipinski definition) is 3. The Morgan fingerprint density at radius 3 is 2.65 bits per heavy atom. The van der Waals surface area contributed by atoms with Gasteiger partial charge in [-0.3, -0.25) is 4.79 Å². The van der Waals surface area contributed by atoms with Crippen LogP contribution in [0.2, 0.25) is 0 Å². The number of amides is 1. The zero-order valence-electron chi connectivity index (χ0n) is 12.6. The quantitative estimate of drug-likeness (QED) is 0.671. The van der Waals surface area contributed by atoms with Gasteiger partial charge in [-0.1, -0.05) is 30.3 Å². The number of nitrogens with zero attached hydrogens (tertiary/aromatic N) is 1. The van der Waals surface area contributed by atoms with E-state index < -0.39 is 0 Å².